The fourth-order valence-electron chi connectivity index (χ4n) is 2.71. The first-order valence-corrected chi connectivity index (χ1v) is 9.54. The molecule has 4 nitrogen and oxygen atoms in total. The molecule has 0 saturated heterocycles. The molecule has 1 aromatic rings. The molecule has 0 aromatic heterocycles. The number of benzene rings is 1. The van der Waals surface area contributed by atoms with Gasteiger partial charge in [-0.3, -0.25) is 9.59 Å². The van der Waals surface area contributed by atoms with Gasteiger partial charge in [0, 0.05) is 17.9 Å². The van der Waals surface area contributed by atoms with Crippen LogP contribution in [0.15, 0.2) is 54.6 Å². The van der Waals surface area contributed by atoms with Gasteiger partial charge in [0.25, 0.3) is 0 Å². The number of carbonyl (C=O) groups is 2. The van der Waals surface area contributed by atoms with Gasteiger partial charge >= 0.3 is 0 Å². The number of Topliss-reactive ketones (excluding diaryl/α,β-unsaturated/α-hetero) is 2. The molecule has 0 spiro atoms. The van der Waals surface area contributed by atoms with Crippen LogP contribution < -0.4 is 0 Å². The van der Waals surface area contributed by atoms with Crippen LogP contribution in [-0.2, 0) is 4.79 Å². The Bertz CT molecular complexity index is 816. The molecule has 0 saturated carbocycles. The highest BCUT2D eigenvalue weighted by Gasteiger charge is 2.12. The maximum Gasteiger partial charge on any atom is 0.206 e. The van der Waals surface area contributed by atoms with Crippen LogP contribution in [0.4, 0.5) is 0 Å². The Hall–Kier alpha value is -2.88. The summed E-state index contributed by atoms with van der Waals surface area (Å²) in [6.07, 6.45) is 9.89. The second-order valence-corrected chi connectivity index (χ2v) is 6.96. The van der Waals surface area contributed by atoms with Gasteiger partial charge in [0.15, 0.2) is 0 Å². The summed E-state index contributed by atoms with van der Waals surface area (Å²) in [4.78, 5) is 24.2. The van der Waals surface area contributed by atoms with Gasteiger partial charge in [0.2, 0.25) is 5.78 Å². The number of ketones is 2. The number of rotatable bonds is 12. The van der Waals surface area contributed by atoms with E-state index < -0.39 is 0 Å². The van der Waals surface area contributed by atoms with E-state index in [0.29, 0.717) is 17.7 Å². The Morgan fingerprint density at radius 3 is 2.61 bits per heavy atom. The van der Waals surface area contributed by atoms with E-state index in [1.165, 1.54) is 6.92 Å². The van der Waals surface area contributed by atoms with Crippen LogP contribution in [0.1, 0.15) is 62.4 Å². The van der Waals surface area contributed by atoms with E-state index >= 15 is 0 Å². The summed E-state index contributed by atoms with van der Waals surface area (Å²) in [5.74, 6) is -0.154. The van der Waals surface area contributed by atoms with Gasteiger partial charge in [-0.15, -0.1) is 0 Å². The highest BCUT2D eigenvalue weighted by atomic mass is 16.1. The van der Waals surface area contributed by atoms with Gasteiger partial charge in [-0.05, 0) is 56.4 Å². The Kier molecular flexibility index (Phi) is 9.72. The SMILES string of the molecule is C=C(CCCC(C)C(=O)C/C=C/c1cccc(C(=O)C(C)=N)c1)C(=N)/C=C/C. The Morgan fingerprint density at radius 1 is 1.25 bits per heavy atom. The summed E-state index contributed by atoms with van der Waals surface area (Å²) in [7, 11) is 0. The van der Waals surface area contributed by atoms with E-state index in [9.17, 15) is 9.59 Å². The zero-order valence-corrected chi connectivity index (χ0v) is 17.0. The molecule has 148 valence electrons. The van der Waals surface area contributed by atoms with Crippen molar-refractivity contribution >= 4 is 29.1 Å². The molecule has 0 aliphatic carbocycles. The summed E-state index contributed by atoms with van der Waals surface area (Å²) in [5.41, 5.74) is 2.58. The molecular formula is C24H30N2O2. The van der Waals surface area contributed by atoms with E-state index in [0.717, 1.165) is 30.4 Å². The smallest absolute Gasteiger partial charge is 0.206 e. The lowest BCUT2D eigenvalue weighted by Gasteiger charge is -2.10. The van der Waals surface area contributed by atoms with Crippen molar-refractivity contribution < 1.29 is 9.59 Å². The van der Waals surface area contributed by atoms with Crippen molar-refractivity contribution in [3.63, 3.8) is 0 Å². The van der Waals surface area contributed by atoms with Gasteiger partial charge < -0.3 is 10.8 Å². The van der Waals surface area contributed by atoms with E-state index in [1.54, 1.807) is 24.3 Å². The van der Waals surface area contributed by atoms with E-state index in [1.807, 2.05) is 38.1 Å². The molecule has 0 fully saturated rings. The van der Waals surface area contributed by atoms with Crippen molar-refractivity contribution in [2.75, 3.05) is 0 Å². The normalized spacial score (nSPS) is 12.2. The van der Waals surface area contributed by atoms with Gasteiger partial charge in [0.1, 0.15) is 5.78 Å². The number of hydrogen-bond acceptors (Lipinski definition) is 4. The summed E-state index contributed by atoms with van der Waals surface area (Å²) >= 11 is 0. The van der Waals surface area contributed by atoms with Gasteiger partial charge in [-0.1, -0.05) is 49.9 Å². The molecule has 1 unspecified atom stereocenters. The highest BCUT2D eigenvalue weighted by Crippen LogP contribution is 2.16. The Balaban J connectivity index is 2.50. The minimum atomic E-state index is -0.288. The van der Waals surface area contributed by atoms with Gasteiger partial charge in [-0.25, -0.2) is 0 Å². The molecule has 0 amide bonds. The average Bonchev–Trinajstić information content (AvgIpc) is 2.67. The summed E-state index contributed by atoms with van der Waals surface area (Å²) in [5, 5.41) is 15.3. The lowest BCUT2D eigenvalue weighted by atomic mass is 9.95. The second-order valence-electron chi connectivity index (χ2n) is 6.96. The van der Waals surface area contributed by atoms with Crippen LogP contribution in [0, 0.1) is 16.7 Å². The molecule has 0 radical (unpaired) electrons. The van der Waals surface area contributed by atoms with Crippen molar-refractivity contribution in [3.8, 4) is 0 Å². The highest BCUT2D eigenvalue weighted by molar-refractivity contribution is 6.44. The van der Waals surface area contributed by atoms with Crippen LogP contribution in [0.2, 0.25) is 0 Å². The van der Waals surface area contributed by atoms with Crippen LogP contribution in [0.25, 0.3) is 6.08 Å². The molecule has 1 atom stereocenters. The maximum atomic E-state index is 12.3. The molecule has 1 aromatic carbocycles. The first-order valence-electron chi connectivity index (χ1n) is 9.54. The molecule has 0 aliphatic rings. The number of nitrogens with one attached hydrogen (secondary N) is 2. The van der Waals surface area contributed by atoms with Crippen molar-refractivity contribution in [2.24, 2.45) is 5.92 Å². The van der Waals surface area contributed by atoms with Crippen molar-refractivity contribution in [3.05, 3.63) is 65.8 Å². The summed E-state index contributed by atoms with van der Waals surface area (Å²) < 4.78 is 0. The fourth-order valence-corrected chi connectivity index (χ4v) is 2.71. The monoisotopic (exact) mass is 378 g/mol. The minimum Gasteiger partial charge on any atom is -0.302 e. The first kappa shape index (κ1) is 23.2. The van der Waals surface area contributed by atoms with E-state index in [4.69, 9.17) is 10.8 Å². The fraction of sp³-hybridized carbons (Fsp3) is 0.333. The third kappa shape index (κ3) is 7.78. The largest absolute Gasteiger partial charge is 0.302 e. The number of allylic oxidation sites excluding steroid dienone is 4. The van der Waals surface area contributed by atoms with Crippen LogP contribution in [0.5, 0.6) is 0 Å². The standard InChI is InChI=1S/C24H30N2O2/c1-5-9-22(26)17(2)10-6-11-18(3)23(27)15-8-13-20-12-7-14-21(16-20)24(28)19(4)25/h5,7-9,12-14,16,18,25-26H,2,6,10-11,15H2,1,3-4H3/b9-5+,13-8+,25-19?,26-22?. The zero-order valence-electron chi connectivity index (χ0n) is 17.0. The summed E-state index contributed by atoms with van der Waals surface area (Å²) in [6.45, 7) is 9.20. The Morgan fingerprint density at radius 2 is 1.96 bits per heavy atom. The first-order chi connectivity index (χ1) is 13.3. The van der Waals surface area contributed by atoms with Gasteiger partial charge in [-0.2, -0.15) is 0 Å². The predicted octanol–water partition coefficient (Wildman–Crippen LogP) is 5.84. The third-order valence-electron chi connectivity index (χ3n) is 4.50. The molecule has 1 rings (SSSR count). The molecule has 28 heavy (non-hydrogen) atoms. The van der Waals surface area contributed by atoms with Crippen LogP contribution in [0.3, 0.4) is 0 Å². The average molecular weight is 379 g/mol. The molecular weight excluding hydrogens is 348 g/mol. The number of hydrogen-bond donors (Lipinski definition) is 2. The Labute approximate surface area is 168 Å². The third-order valence-corrected chi connectivity index (χ3v) is 4.50. The summed E-state index contributed by atoms with van der Waals surface area (Å²) in [6, 6.07) is 7.06. The predicted molar refractivity (Wildman–Crippen MR) is 118 cm³/mol. The lowest BCUT2D eigenvalue weighted by Crippen LogP contribution is -2.10. The topological polar surface area (TPSA) is 81.8 Å². The molecule has 0 heterocycles. The van der Waals surface area contributed by atoms with Crippen LogP contribution in [-0.4, -0.2) is 23.0 Å². The van der Waals surface area contributed by atoms with E-state index in [2.05, 4.69) is 6.58 Å². The van der Waals surface area contributed by atoms with Crippen molar-refractivity contribution in [2.45, 2.75) is 46.5 Å². The molecule has 0 bridgehead atoms. The number of carbonyl (C=O) groups excluding carboxylic acids is 2. The minimum absolute atomic E-state index is 0.00803. The quantitative estimate of drug-likeness (QED) is 0.354. The lowest BCUT2D eigenvalue weighted by molar-refractivity contribution is -0.121. The van der Waals surface area contributed by atoms with Crippen molar-refractivity contribution in [1.29, 1.82) is 10.8 Å². The van der Waals surface area contributed by atoms with E-state index in [-0.39, 0.29) is 23.2 Å². The van der Waals surface area contributed by atoms with Crippen LogP contribution >= 0.6 is 0 Å². The maximum absolute atomic E-state index is 12.3. The zero-order chi connectivity index (χ0) is 21.1. The van der Waals surface area contributed by atoms with Crippen molar-refractivity contribution in [1.82, 2.24) is 0 Å². The molecule has 4 heteroatoms. The second kappa shape index (κ2) is 11.8. The molecule has 0 aliphatic heterocycles. The molecule has 2 N–H and O–H groups in total. The van der Waals surface area contributed by atoms with Gasteiger partial charge in [0.05, 0.1) is 11.4 Å².